The largest absolute Gasteiger partial charge is 0.423 e. The van der Waals surface area contributed by atoms with Gasteiger partial charge in [-0.1, -0.05) is 12.1 Å². The molecule has 5 rings (SSSR count). The van der Waals surface area contributed by atoms with Crippen molar-refractivity contribution in [1.82, 2.24) is 29.5 Å². The van der Waals surface area contributed by atoms with Gasteiger partial charge in [0.05, 0.1) is 24.2 Å². The highest BCUT2D eigenvalue weighted by molar-refractivity contribution is 5.85. The Kier molecular flexibility index (Phi) is 7.14. The van der Waals surface area contributed by atoms with Crippen LogP contribution in [0.2, 0.25) is 0 Å². The van der Waals surface area contributed by atoms with Crippen LogP contribution in [0.1, 0.15) is 18.1 Å². The fraction of sp³-hybridized carbons (Fsp3) is 0.167. The van der Waals surface area contributed by atoms with Crippen LogP contribution in [-0.2, 0) is 11.3 Å². The van der Waals surface area contributed by atoms with Crippen molar-refractivity contribution in [3.8, 4) is 22.7 Å². The number of ether oxygens (including phenoxy) is 1. The third-order valence-corrected chi connectivity index (χ3v) is 5.28. The molecule has 3 heterocycles. The predicted octanol–water partition coefficient (Wildman–Crippen LogP) is 4.41. The van der Waals surface area contributed by atoms with Crippen molar-refractivity contribution in [1.29, 1.82) is 0 Å². The molecule has 0 saturated heterocycles. The van der Waals surface area contributed by atoms with Gasteiger partial charge in [0.1, 0.15) is 6.33 Å². The van der Waals surface area contributed by atoms with Gasteiger partial charge in [-0.2, -0.15) is 14.9 Å². The maximum absolute atomic E-state index is 12.2. The Morgan fingerprint density at radius 1 is 1.14 bits per heavy atom. The normalized spacial score (nSPS) is 10.8. The standard InChI is InChI=1S/C24H23N7O3.ClH/c1-3-33-14-17-6-5-16(2)21(9-17)29-23-25-13-22(34-23)18-10-19(30-8-4-7-27-30)12-20(11-18)31-24(32)26-15-28-31;/h4-13,15H,3,14H2,1-2H3,(H,25,29)(H,26,28,32);1H. The number of aryl methyl sites for hydroxylation is 1. The van der Waals surface area contributed by atoms with Crippen molar-refractivity contribution in [2.24, 2.45) is 0 Å². The van der Waals surface area contributed by atoms with Gasteiger partial charge in [0, 0.05) is 30.3 Å². The summed E-state index contributed by atoms with van der Waals surface area (Å²) < 4.78 is 14.5. The molecule has 10 nitrogen and oxygen atoms in total. The summed E-state index contributed by atoms with van der Waals surface area (Å²) in [6.07, 6.45) is 6.50. The molecule has 0 aliphatic heterocycles. The molecule has 2 aromatic carbocycles. The van der Waals surface area contributed by atoms with Crippen molar-refractivity contribution in [3.05, 3.63) is 89.0 Å². The Morgan fingerprint density at radius 3 is 2.74 bits per heavy atom. The van der Waals surface area contributed by atoms with Crippen molar-refractivity contribution in [3.63, 3.8) is 0 Å². The van der Waals surface area contributed by atoms with E-state index in [0.717, 1.165) is 28.1 Å². The van der Waals surface area contributed by atoms with Crippen LogP contribution in [0.4, 0.5) is 11.7 Å². The number of hydrogen-bond donors (Lipinski definition) is 2. The first kappa shape index (κ1) is 24.0. The van der Waals surface area contributed by atoms with E-state index >= 15 is 0 Å². The molecule has 2 N–H and O–H groups in total. The summed E-state index contributed by atoms with van der Waals surface area (Å²) in [5, 5.41) is 11.6. The van der Waals surface area contributed by atoms with Crippen LogP contribution in [0, 0.1) is 6.92 Å². The molecule has 3 aromatic heterocycles. The Balaban J connectivity index is 0.00000289. The highest BCUT2D eigenvalue weighted by atomic mass is 35.5. The fourth-order valence-corrected chi connectivity index (χ4v) is 3.55. The molecular weight excluding hydrogens is 470 g/mol. The molecule has 0 aliphatic rings. The van der Waals surface area contributed by atoms with Crippen LogP contribution in [0.5, 0.6) is 0 Å². The van der Waals surface area contributed by atoms with E-state index in [9.17, 15) is 4.79 Å². The molecule has 0 amide bonds. The zero-order valence-corrected chi connectivity index (χ0v) is 20.0. The van der Waals surface area contributed by atoms with Crippen LogP contribution >= 0.6 is 12.4 Å². The summed E-state index contributed by atoms with van der Waals surface area (Å²) >= 11 is 0. The monoisotopic (exact) mass is 493 g/mol. The van der Waals surface area contributed by atoms with Crippen LogP contribution < -0.4 is 11.0 Å². The highest BCUT2D eigenvalue weighted by Gasteiger charge is 2.13. The number of aromatic amines is 1. The van der Waals surface area contributed by atoms with Crippen LogP contribution in [-0.4, -0.2) is 36.1 Å². The van der Waals surface area contributed by atoms with Crippen LogP contribution in [0.3, 0.4) is 0 Å². The number of hydrogen-bond acceptors (Lipinski definition) is 7. The molecule has 0 saturated carbocycles. The lowest BCUT2D eigenvalue weighted by atomic mass is 10.1. The average Bonchev–Trinajstić information content (AvgIpc) is 3.62. The van der Waals surface area contributed by atoms with E-state index in [1.165, 1.54) is 11.0 Å². The number of aromatic nitrogens is 6. The molecule has 35 heavy (non-hydrogen) atoms. The predicted molar refractivity (Wildman–Crippen MR) is 134 cm³/mol. The molecule has 0 atom stereocenters. The molecule has 0 fully saturated rings. The van der Waals surface area contributed by atoms with E-state index in [-0.39, 0.29) is 18.1 Å². The summed E-state index contributed by atoms with van der Waals surface area (Å²) in [4.78, 5) is 19.1. The van der Waals surface area contributed by atoms with Crippen molar-refractivity contribution in [2.75, 3.05) is 11.9 Å². The lowest BCUT2D eigenvalue weighted by molar-refractivity contribution is 0.134. The number of rotatable bonds is 8. The number of halogens is 1. The third-order valence-electron chi connectivity index (χ3n) is 5.28. The van der Waals surface area contributed by atoms with E-state index in [1.54, 1.807) is 17.1 Å². The maximum Gasteiger partial charge on any atom is 0.347 e. The summed E-state index contributed by atoms with van der Waals surface area (Å²) in [6, 6.07) is 13.8. The molecule has 5 aromatic rings. The maximum atomic E-state index is 12.2. The average molecular weight is 494 g/mol. The number of anilines is 2. The minimum atomic E-state index is -0.342. The van der Waals surface area contributed by atoms with E-state index in [0.29, 0.717) is 30.7 Å². The Hall–Kier alpha value is -4.15. The number of benzene rings is 2. The molecule has 180 valence electrons. The van der Waals surface area contributed by atoms with E-state index in [1.807, 2.05) is 62.5 Å². The lowest BCUT2D eigenvalue weighted by Gasteiger charge is -2.10. The van der Waals surface area contributed by atoms with Crippen LogP contribution in [0.15, 0.2) is 76.6 Å². The van der Waals surface area contributed by atoms with Gasteiger partial charge in [-0.05, 0) is 55.3 Å². The van der Waals surface area contributed by atoms with E-state index in [4.69, 9.17) is 9.15 Å². The van der Waals surface area contributed by atoms with Gasteiger partial charge in [-0.3, -0.25) is 4.98 Å². The van der Waals surface area contributed by atoms with Gasteiger partial charge in [0.15, 0.2) is 5.76 Å². The number of nitrogens with one attached hydrogen (secondary N) is 2. The zero-order chi connectivity index (χ0) is 23.5. The number of H-pyrrole nitrogens is 1. The second-order valence-electron chi connectivity index (χ2n) is 7.64. The molecular formula is C24H24ClN7O3. The summed E-state index contributed by atoms with van der Waals surface area (Å²) in [5.74, 6) is 0.532. The van der Waals surface area contributed by atoms with Crippen LogP contribution in [0.25, 0.3) is 22.7 Å². The molecule has 0 radical (unpaired) electrons. The number of nitrogens with zero attached hydrogens (tertiary/aromatic N) is 5. The van der Waals surface area contributed by atoms with E-state index in [2.05, 4.69) is 25.5 Å². The SMILES string of the molecule is CCOCc1ccc(C)c(Nc2ncc(-c3cc(-n4cccn4)cc(-n4nc[nH]c4=O)c3)o2)c1.Cl. The van der Waals surface area contributed by atoms with Gasteiger partial charge >= 0.3 is 5.69 Å². The first-order valence-corrected chi connectivity index (χ1v) is 10.8. The first-order valence-electron chi connectivity index (χ1n) is 10.8. The Morgan fingerprint density at radius 2 is 2.00 bits per heavy atom. The quantitative estimate of drug-likeness (QED) is 0.329. The fourth-order valence-electron chi connectivity index (χ4n) is 3.55. The summed E-state index contributed by atoms with van der Waals surface area (Å²) in [6.45, 7) is 5.18. The third kappa shape index (κ3) is 5.18. The smallest absolute Gasteiger partial charge is 0.347 e. The number of oxazole rings is 1. The zero-order valence-electron chi connectivity index (χ0n) is 19.1. The van der Waals surface area contributed by atoms with Crippen molar-refractivity contribution in [2.45, 2.75) is 20.5 Å². The Labute approximate surface area is 207 Å². The molecule has 0 spiro atoms. The van der Waals surface area contributed by atoms with Gasteiger partial charge < -0.3 is 14.5 Å². The van der Waals surface area contributed by atoms with Crippen molar-refractivity contribution >= 4 is 24.1 Å². The molecule has 0 bridgehead atoms. The molecule has 11 heteroatoms. The van der Waals surface area contributed by atoms with Gasteiger partial charge in [0.2, 0.25) is 0 Å². The second-order valence-corrected chi connectivity index (χ2v) is 7.64. The van der Waals surface area contributed by atoms with Gasteiger partial charge in [0.25, 0.3) is 6.01 Å². The molecule has 0 aliphatic carbocycles. The lowest BCUT2D eigenvalue weighted by Crippen LogP contribution is -2.16. The highest BCUT2D eigenvalue weighted by Crippen LogP contribution is 2.29. The van der Waals surface area contributed by atoms with Gasteiger partial charge in [-0.15, -0.1) is 12.4 Å². The van der Waals surface area contributed by atoms with Crippen molar-refractivity contribution < 1.29 is 9.15 Å². The summed E-state index contributed by atoms with van der Waals surface area (Å²) in [7, 11) is 0. The Bertz CT molecular complexity index is 1470. The minimum Gasteiger partial charge on any atom is -0.423 e. The topological polar surface area (TPSA) is 116 Å². The summed E-state index contributed by atoms with van der Waals surface area (Å²) in [5.41, 5.74) is 4.70. The first-order chi connectivity index (χ1) is 16.6. The van der Waals surface area contributed by atoms with E-state index < -0.39 is 0 Å². The minimum absolute atomic E-state index is 0. The van der Waals surface area contributed by atoms with Gasteiger partial charge in [-0.25, -0.2) is 14.5 Å². The second kappa shape index (κ2) is 10.4. The molecule has 0 unspecified atom stereocenters.